The Hall–Kier alpha value is -2.83. The van der Waals surface area contributed by atoms with Crippen LogP contribution in [-0.4, -0.2) is 37.5 Å². The molecule has 1 aromatic heterocycles. The first-order valence-electron chi connectivity index (χ1n) is 16.2. The third-order valence-electron chi connectivity index (χ3n) is 13.9. The summed E-state index contributed by atoms with van der Waals surface area (Å²) >= 11 is 0. The van der Waals surface area contributed by atoms with Gasteiger partial charge < -0.3 is 18.6 Å². The van der Waals surface area contributed by atoms with E-state index in [0.717, 1.165) is 44.3 Å². The molecule has 3 saturated carbocycles. The van der Waals surface area contributed by atoms with E-state index in [-0.39, 0.29) is 40.2 Å². The van der Waals surface area contributed by atoms with Crippen molar-refractivity contribution in [2.75, 3.05) is 13.7 Å². The number of rotatable bonds is 3. The van der Waals surface area contributed by atoms with E-state index in [1.807, 2.05) is 6.92 Å². The minimum absolute atomic E-state index is 0.0463. The number of methoxy groups -OCH3 is 1. The van der Waals surface area contributed by atoms with Crippen LogP contribution in [0.15, 0.2) is 45.8 Å². The van der Waals surface area contributed by atoms with E-state index in [4.69, 9.17) is 18.6 Å². The van der Waals surface area contributed by atoms with E-state index in [9.17, 15) is 14.4 Å². The van der Waals surface area contributed by atoms with Crippen molar-refractivity contribution in [2.24, 2.45) is 50.7 Å². The van der Waals surface area contributed by atoms with Crippen LogP contribution in [0.25, 0.3) is 0 Å². The molecule has 5 aliphatic carbocycles. The highest BCUT2D eigenvalue weighted by molar-refractivity contribution is 5.93. The second-order valence-corrected chi connectivity index (χ2v) is 15.7. The summed E-state index contributed by atoms with van der Waals surface area (Å²) in [5.41, 5.74) is 0.656. The van der Waals surface area contributed by atoms with Gasteiger partial charge in [0.15, 0.2) is 11.9 Å². The van der Waals surface area contributed by atoms with E-state index in [2.05, 4.69) is 40.7 Å². The molecule has 232 valence electrons. The topological polar surface area (TPSA) is 92.0 Å². The van der Waals surface area contributed by atoms with Crippen molar-refractivity contribution in [3.8, 4) is 0 Å². The van der Waals surface area contributed by atoms with Crippen LogP contribution in [0.1, 0.15) is 97.0 Å². The second-order valence-electron chi connectivity index (χ2n) is 15.7. The van der Waals surface area contributed by atoms with Gasteiger partial charge in [0.25, 0.3) is 0 Å². The number of hydrogen-bond acceptors (Lipinski definition) is 7. The normalized spacial score (nSPS) is 46.4. The van der Waals surface area contributed by atoms with Crippen molar-refractivity contribution in [3.63, 3.8) is 0 Å². The van der Waals surface area contributed by atoms with Crippen LogP contribution >= 0.6 is 0 Å². The van der Waals surface area contributed by atoms with Crippen molar-refractivity contribution >= 4 is 17.7 Å². The fraction of sp³-hybridized carbons (Fsp3) is 0.694. The van der Waals surface area contributed by atoms with Crippen molar-refractivity contribution in [2.45, 2.75) is 92.6 Å². The van der Waals surface area contributed by atoms with Gasteiger partial charge in [0, 0.05) is 18.3 Å². The van der Waals surface area contributed by atoms with E-state index in [1.54, 1.807) is 19.2 Å². The number of fused-ring (bicyclic) bond motifs is 6. The number of carbonyl (C=O) groups is 3. The lowest BCUT2D eigenvalue weighted by molar-refractivity contribution is -0.173. The summed E-state index contributed by atoms with van der Waals surface area (Å²) in [7, 11) is 1.54. The number of allylic oxidation sites excluding steroid dienone is 3. The number of hydrogen-bond donors (Lipinski definition) is 0. The van der Waals surface area contributed by atoms with Gasteiger partial charge in [-0.15, -0.1) is 0 Å². The van der Waals surface area contributed by atoms with E-state index < -0.39 is 28.3 Å². The molecule has 10 atom stereocenters. The van der Waals surface area contributed by atoms with Crippen LogP contribution < -0.4 is 0 Å². The molecule has 6 aliphatic rings. The quantitative estimate of drug-likeness (QED) is 0.275. The molecule has 0 radical (unpaired) electrons. The van der Waals surface area contributed by atoms with E-state index in [0.29, 0.717) is 24.9 Å². The van der Waals surface area contributed by atoms with Gasteiger partial charge in [0.1, 0.15) is 6.61 Å². The summed E-state index contributed by atoms with van der Waals surface area (Å²) in [4.78, 5) is 40.6. The zero-order valence-corrected chi connectivity index (χ0v) is 26.7. The Morgan fingerprint density at radius 3 is 2.49 bits per heavy atom. The van der Waals surface area contributed by atoms with Gasteiger partial charge in [0.05, 0.1) is 30.0 Å². The van der Waals surface area contributed by atoms with Crippen LogP contribution in [0.3, 0.4) is 0 Å². The Morgan fingerprint density at radius 2 is 1.79 bits per heavy atom. The molecule has 1 aliphatic heterocycles. The first kappa shape index (κ1) is 28.9. The lowest BCUT2D eigenvalue weighted by Crippen LogP contribution is -2.64. The number of carbonyl (C=O) groups excluding carboxylic acids is 3. The van der Waals surface area contributed by atoms with Gasteiger partial charge in [-0.25, -0.2) is 4.79 Å². The van der Waals surface area contributed by atoms with Crippen LogP contribution in [0, 0.1) is 50.7 Å². The summed E-state index contributed by atoms with van der Waals surface area (Å²) in [5.74, 6) is 1.63. The molecule has 7 nitrogen and oxygen atoms in total. The van der Waals surface area contributed by atoms with E-state index >= 15 is 0 Å². The molecule has 0 amide bonds. The van der Waals surface area contributed by atoms with Gasteiger partial charge in [0.2, 0.25) is 5.76 Å². The highest BCUT2D eigenvalue weighted by Crippen LogP contribution is 2.76. The third kappa shape index (κ3) is 3.45. The maximum absolute atomic E-state index is 14.1. The van der Waals surface area contributed by atoms with Crippen molar-refractivity contribution in [3.05, 3.63) is 47.1 Å². The molecule has 3 fully saturated rings. The molecule has 0 aromatic carbocycles. The monoisotopic (exact) mass is 590 g/mol. The molecule has 0 spiro atoms. The minimum atomic E-state index is -0.916. The summed E-state index contributed by atoms with van der Waals surface area (Å²) in [6, 6.07) is 3.20. The van der Waals surface area contributed by atoms with Gasteiger partial charge >= 0.3 is 11.9 Å². The minimum Gasteiger partial charge on any atom is -0.497 e. The maximum atomic E-state index is 14.1. The SMILES string of the molecule is COC(=O)[C@]12CC[C@@H](C)[C@H](C)[C@@H]1C1=CC[C@@H]3[C@@]4(C)CC(=O)[C@H](OC(=O)c5ccco5)[C@@]5(C)COC(=C45)C[C@@]3(C)[C@]1(C)CC2. The lowest BCUT2D eigenvalue weighted by atomic mass is 9.35. The Labute approximate surface area is 254 Å². The Morgan fingerprint density at radius 1 is 1.02 bits per heavy atom. The zero-order chi connectivity index (χ0) is 30.7. The van der Waals surface area contributed by atoms with Gasteiger partial charge in [-0.1, -0.05) is 46.3 Å². The number of ketones is 1. The number of esters is 2. The molecular weight excluding hydrogens is 544 g/mol. The molecule has 7 rings (SSSR count). The number of furan rings is 1. The van der Waals surface area contributed by atoms with Crippen molar-refractivity contribution in [1.82, 2.24) is 0 Å². The maximum Gasteiger partial charge on any atom is 0.374 e. The van der Waals surface area contributed by atoms with Gasteiger partial charge in [-0.2, -0.15) is 0 Å². The third-order valence-corrected chi connectivity index (χ3v) is 13.9. The standard InChI is InChI=1S/C36H46O7/c1-20-12-13-36(31(39)40-7)15-14-34(5)22(27(36)21(20)2)10-11-26-32(3)17-23(37)29(43-30(38)24-9-8-16-41-24)33(4)19-42-25(28(32)33)18-35(26,34)6/h8-10,16,20-21,26-27,29H,11-15,17-19H2,1-7H3/t20-,21+,26-,27-,29+,32-,33+,34-,35-,36+/m1/s1. The molecule has 43 heavy (non-hydrogen) atoms. The predicted molar refractivity (Wildman–Crippen MR) is 158 cm³/mol. The molecule has 2 heterocycles. The zero-order valence-electron chi connectivity index (χ0n) is 26.7. The van der Waals surface area contributed by atoms with Gasteiger partial charge in [-0.3, -0.25) is 9.59 Å². The van der Waals surface area contributed by atoms with Crippen LogP contribution in [0.2, 0.25) is 0 Å². The first-order chi connectivity index (χ1) is 20.3. The molecule has 0 N–H and O–H groups in total. The average Bonchev–Trinajstić information content (AvgIpc) is 3.62. The Bertz CT molecular complexity index is 1450. The molecular formula is C36H46O7. The highest BCUT2D eigenvalue weighted by Gasteiger charge is 2.72. The molecule has 1 aromatic rings. The summed E-state index contributed by atoms with van der Waals surface area (Å²) in [6.07, 6.45) is 8.58. The second kappa shape index (κ2) is 9.10. The summed E-state index contributed by atoms with van der Waals surface area (Å²) in [5, 5.41) is 0. The van der Waals surface area contributed by atoms with Crippen molar-refractivity contribution < 1.29 is 33.0 Å². The number of Topliss-reactive ketones (excluding diaryl/α,β-unsaturated/α-hetero) is 1. The molecule has 0 saturated heterocycles. The first-order valence-corrected chi connectivity index (χ1v) is 16.2. The van der Waals surface area contributed by atoms with Crippen LogP contribution in [0.4, 0.5) is 0 Å². The summed E-state index contributed by atoms with van der Waals surface area (Å²) in [6.45, 7) is 14.1. The fourth-order valence-electron chi connectivity index (χ4n) is 11.5. The van der Waals surface area contributed by atoms with Crippen molar-refractivity contribution in [1.29, 1.82) is 0 Å². The number of ether oxygens (including phenoxy) is 3. The summed E-state index contributed by atoms with van der Waals surface area (Å²) < 4.78 is 23.3. The lowest BCUT2D eigenvalue weighted by Gasteiger charge is -2.68. The predicted octanol–water partition coefficient (Wildman–Crippen LogP) is 7.07. The van der Waals surface area contributed by atoms with Gasteiger partial charge in [-0.05, 0) is 91.2 Å². The Balaban J connectivity index is 1.30. The highest BCUT2D eigenvalue weighted by atomic mass is 16.6. The molecule has 7 heteroatoms. The smallest absolute Gasteiger partial charge is 0.374 e. The molecule has 0 unspecified atom stereocenters. The Kier molecular flexibility index (Phi) is 6.12. The fourth-order valence-corrected chi connectivity index (χ4v) is 11.5. The van der Waals surface area contributed by atoms with E-state index in [1.165, 1.54) is 17.4 Å². The van der Waals surface area contributed by atoms with Crippen LogP contribution in [0.5, 0.6) is 0 Å². The van der Waals surface area contributed by atoms with Crippen LogP contribution in [-0.2, 0) is 23.8 Å². The average molecular weight is 591 g/mol. The largest absolute Gasteiger partial charge is 0.497 e. The molecule has 0 bridgehead atoms.